The zero-order valence-corrected chi connectivity index (χ0v) is 20.7. The first-order chi connectivity index (χ1) is 17.9. The van der Waals surface area contributed by atoms with Gasteiger partial charge in [0.2, 0.25) is 0 Å². The SMILES string of the molecule is CSc1ncc(C(=O)ON(C)Cc2cc(C(F)(F)F)cc(C(F)(F)F)c2)c(-c2cccc3ccccc23)n1. The van der Waals surface area contributed by atoms with E-state index < -0.39 is 36.0 Å². The van der Waals surface area contributed by atoms with Crippen LogP contribution < -0.4 is 0 Å². The smallest absolute Gasteiger partial charge is 0.364 e. The zero-order chi connectivity index (χ0) is 27.7. The standard InChI is InChI=1S/C26H19F6N3O2S/c1-35(14-15-10-17(25(27,28)29)12-18(11-15)26(30,31)32)37-23(36)21-13-33-24(38-2)34-22(21)20-9-5-7-16-6-3-4-8-19(16)20/h3-13H,14H2,1-2H3. The number of fused-ring (bicyclic) bond motifs is 1. The molecule has 0 saturated carbocycles. The van der Waals surface area contributed by atoms with Crippen LogP contribution in [0.1, 0.15) is 27.0 Å². The summed E-state index contributed by atoms with van der Waals surface area (Å²) < 4.78 is 79.2. The second kappa shape index (κ2) is 10.6. The van der Waals surface area contributed by atoms with Crippen molar-refractivity contribution in [1.82, 2.24) is 15.0 Å². The molecule has 0 radical (unpaired) electrons. The lowest BCUT2D eigenvalue weighted by atomic mass is 9.99. The highest BCUT2D eigenvalue weighted by molar-refractivity contribution is 7.98. The van der Waals surface area contributed by atoms with Crippen LogP contribution in [0.15, 0.2) is 72.0 Å². The van der Waals surface area contributed by atoms with E-state index in [4.69, 9.17) is 4.84 Å². The molecule has 12 heteroatoms. The summed E-state index contributed by atoms with van der Waals surface area (Å²) in [6.45, 7) is -0.536. The van der Waals surface area contributed by atoms with E-state index in [0.717, 1.165) is 15.8 Å². The minimum Gasteiger partial charge on any atom is -0.364 e. The third kappa shape index (κ3) is 6.08. The lowest BCUT2D eigenvalue weighted by Crippen LogP contribution is -2.24. The van der Waals surface area contributed by atoms with E-state index in [1.165, 1.54) is 25.0 Å². The summed E-state index contributed by atoms with van der Waals surface area (Å²) in [6, 6.07) is 14.1. The molecule has 0 saturated heterocycles. The first-order valence-corrected chi connectivity index (χ1v) is 12.2. The summed E-state index contributed by atoms with van der Waals surface area (Å²) in [5, 5.41) is 2.96. The lowest BCUT2D eigenvalue weighted by Gasteiger charge is -2.19. The molecule has 0 unspecified atom stereocenters. The van der Waals surface area contributed by atoms with Crippen LogP contribution >= 0.6 is 11.8 Å². The molecule has 1 aromatic heterocycles. The Morgan fingerprint density at radius 1 is 0.947 bits per heavy atom. The van der Waals surface area contributed by atoms with Crippen LogP contribution in [-0.4, -0.2) is 34.3 Å². The average molecular weight is 552 g/mol. The number of hydroxylamine groups is 2. The Balaban J connectivity index is 1.65. The number of halogens is 6. The van der Waals surface area contributed by atoms with Crippen molar-refractivity contribution < 1.29 is 36.0 Å². The van der Waals surface area contributed by atoms with Crippen LogP contribution in [0.3, 0.4) is 0 Å². The van der Waals surface area contributed by atoms with Gasteiger partial charge in [0.15, 0.2) is 5.16 Å². The fraction of sp³-hybridized carbons (Fsp3) is 0.192. The van der Waals surface area contributed by atoms with Gasteiger partial charge in [0, 0.05) is 18.8 Å². The van der Waals surface area contributed by atoms with Crippen LogP contribution in [0.4, 0.5) is 26.3 Å². The fourth-order valence-corrected chi connectivity index (χ4v) is 4.18. The normalized spacial score (nSPS) is 12.2. The van der Waals surface area contributed by atoms with E-state index in [0.29, 0.717) is 22.9 Å². The minimum absolute atomic E-state index is 0.0222. The number of thioether (sulfide) groups is 1. The Hall–Kier alpha value is -3.64. The number of benzene rings is 3. The maximum absolute atomic E-state index is 13.2. The van der Waals surface area contributed by atoms with Gasteiger partial charge in [0.25, 0.3) is 0 Å². The molecule has 0 atom stereocenters. The highest BCUT2D eigenvalue weighted by atomic mass is 32.2. The van der Waals surface area contributed by atoms with Crippen molar-refractivity contribution in [1.29, 1.82) is 0 Å². The van der Waals surface area contributed by atoms with Crippen LogP contribution in [0.5, 0.6) is 0 Å². The largest absolute Gasteiger partial charge is 0.416 e. The summed E-state index contributed by atoms with van der Waals surface area (Å²) >= 11 is 1.26. The van der Waals surface area contributed by atoms with E-state index in [2.05, 4.69) is 9.97 Å². The van der Waals surface area contributed by atoms with Gasteiger partial charge >= 0.3 is 18.3 Å². The van der Waals surface area contributed by atoms with E-state index >= 15 is 0 Å². The zero-order valence-electron chi connectivity index (χ0n) is 19.9. The summed E-state index contributed by atoms with van der Waals surface area (Å²) in [6.07, 6.45) is -6.94. The maximum atomic E-state index is 13.2. The Labute approximate surface area is 217 Å². The summed E-state index contributed by atoms with van der Waals surface area (Å²) in [5.74, 6) is -0.925. The van der Waals surface area contributed by atoms with Gasteiger partial charge in [-0.1, -0.05) is 54.2 Å². The van der Waals surface area contributed by atoms with E-state index in [9.17, 15) is 31.1 Å². The topological polar surface area (TPSA) is 55.3 Å². The molecule has 0 N–H and O–H groups in total. The number of alkyl halides is 6. The molecule has 3 aromatic carbocycles. The molecular formula is C26H19F6N3O2S. The first kappa shape index (κ1) is 27.4. The van der Waals surface area contributed by atoms with Crippen molar-refractivity contribution in [3.8, 4) is 11.3 Å². The van der Waals surface area contributed by atoms with E-state index in [-0.39, 0.29) is 22.9 Å². The summed E-state index contributed by atoms with van der Waals surface area (Å²) in [7, 11) is 1.22. The first-order valence-electron chi connectivity index (χ1n) is 11.0. The van der Waals surface area contributed by atoms with Crippen molar-refractivity contribution in [2.45, 2.75) is 24.1 Å². The fourth-order valence-electron chi connectivity index (χ4n) is 3.84. The Morgan fingerprint density at radius 3 is 2.21 bits per heavy atom. The van der Waals surface area contributed by atoms with Gasteiger partial charge in [-0.2, -0.15) is 26.3 Å². The van der Waals surface area contributed by atoms with Gasteiger partial charge in [-0.05, 0) is 40.8 Å². The summed E-state index contributed by atoms with van der Waals surface area (Å²) in [4.78, 5) is 27.0. The van der Waals surface area contributed by atoms with Gasteiger partial charge in [-0.3, -0.25) is 0 Å². The average Bonchev–Trinajstić information content (AvgIpc) is 2.86. The van der Waals surface area contributed by atoms with Crippen molar-refractivity contribution in [3.63, 3.8) is 0 Å². The van der Waals surface area contributed by atoms with Crippen molar-refractivity contribution >= 4 is 28.5 Å². The minimum atomic E-state index is -4.99. The molecule has 38 heavy (non-hydrogen) atoms. The Kier molecular flexibility index (Phi) is 7.65. The molecule has 0 amide bonds. The highest BCUT2D eigenvalue weighted by Gasteiger charge is 2.37. The number of rotatable bonds is 6. The maximum Gasteiger partial charge on any atom is 0.416 e. The molecule has 0 aliphatic carbocycles. The van der Waals surface area contributed by atoms with Crippen molar-refractivity contribution in [2.75, 3.05) is 13.3 Å². The molecule has 4 aromatic rings. The van der Waals surface area contributed by atoms with Crippen molar-refractivity contribution in [3.05, 3.63) is 89.1 Å². The molecule has 1 heterocycles. The molecule has 5 nitrogen and oxygen atoms in total. The van der Waals surface area contributed by atoms with Gasteiger partial charge in [-0.25, -0.2) is 14.8 Å². The van der Waals surface area contributed by atoms with Gasteiger partial charge in [-0.15, -0.1) is 5.06 Å². The molecule has 0 aliphatic heterocycles. The van der Waals surface area contributed by atoms with Crippen LogP contribution in [-0.2, 0) is 23.7 Å². The van der Waals surface area contributed by atoms with Gasteiger partial charge < -0.3 is 4.84 Å². The molecular weight excluding hydrogens is 532 g/mol. The predicted octanol–water partition coefficient (Wildman–Crippen LogP) is 7.26. The van der Waals surface area contributed by atoms with E-state index in [1.54, 1.807) is 18.4 Å². The van der Waals surface area contributed by atoms with Crippen LogP contribution in [0.2, 0.25) is 0 Å². The highest BCUT2D eigenvalue weighted by Crippen LogP contribution is 2.37. The molecule has 0 spiro atoms. The number of carbonyl (C=O) groups excluding carboxylic acids is 1. The second-order valence-corrected chi connectivity index (χ2v) is 9.00. The number of hydrogen-bond acceptors (Lipinski definition) is 6. The number of hydrogen-bond donors (Lipinski definition) is 0. The predicted molar refractivity (Wildman–Crippen MR) is 130 cm³/mol. The molecule has 0 bridgehead atoms. The number of aromatic nitrogens is 2. The Morgan fingerprint density at radius 2 is 1.58 bits per heavy atom. The lowest BCUT2D eigenvalue weighted by molar-refractivity contribution is -0.143. The third-order valence-corrected chi connectivity index (χ3v) is 6.07. The van der Waals surface area contributed by atoms with Gasteiger partial charge in [0.05, 0.1) is 23.4 Å². The second-order valence-electron chi connectivity index (χ2n) is 8.22. The molecule has 198 valence electrons. The molecule has 0 aliphatic rings. The quantitative estimate of drug-likeness (QED) is 0.109. The summed E-state index contributed by atoms with van der Waals surface area (Å²) in [5.41, 5.74) is -2.37. The number of nitrogens with zero attached hydrogens (tertiary/aromatic N) is 3. The Bertz CT molecular complexity index is 1450. The molecule has 0 fully saturated rings. The number of carbonyl (C=O) groups is 1. The third-order valence-electron chi connectivity index (χ3n) is 5.51. The van der Waals surface area contributed by atoms with Gasteiger partial charge in [0.1, 0.15) is 5.56 Å². The monoisotopic (exact) mass is 551 g/mol. The molecule has 4 rings (SSSR count). The van der Waals surface area contributed by atoms with Crippen LogP contribution in [0.25, 0.3) is 22.0 Å². The van der Waals surface area contributed by atoms with E-state index in [1.807, 2.05) is 30.3 Å². The van der Waals surface area contributed by atoms with Crippen molar-refractivity contribution in [2.24, 2.45) is 0 Å². The van der Waals surface area contributed by atoms with Crippen LogP contribution in [0, 0.1) is 0 Å².